The average molecular weight is 1400 g/mol. The molecule has 4 aliphatic heterocycles. The van der Waals surface area contributed by atoms with Gasteiger partial charge in [-0.1, -0.05) is 70.8 Å². The number of hydrogen-bond donors (Lipinski definition) is 1. The van der Waals surface area contributed by atoms with Gasteiger partial charge in [-0.05, 0) is 156 Å². The van der Waals surface area contributed by atoms with E-state index in [1.165, 1.54) is 30.9 Å². The number of nitrogens with one attached hydrogen (secondary N) is 1. The van der Waals surface area contributed by atoms with E-state index in [-0.39, 0.29) is 51.2 Å². The Labute approximate surface area is 560 Å². The van der Waals surface area contributed by atoms with Crippen molar-refractivity contribution in [2.75, 3.05) is 66.3 Å². The second-order valence-electron chi connectivity index (χ2n) is 28.6. The highest BCUT2D eigenvalue weighted by Crippen LogP contribution is 2.41. The normalized spacial score (nSPS) is 17.7. The summed E-state index contributed by atoms with van der Waals surface area (Å²) >= 11 is 17.2. The minimum atomic E-state index is -3.45. The van der Waals surface area contributed by atoms with Crippen LogP contribution in [0.2, 0.25) is 46.3 Å². The first-order valence-electron chi connectivity index (χ1n) is 31.5. The number of likely N-dealkylation sites (tertiary alicyclic amines) is 2. The zero-order valence-electron chi connectivity index (χ0n) is 56.0. The van der Waals surface area contributed by atoms with Gasteiger partial charge >= 0.3 is 6.09 Å². The number of piperidine rings is 2. The smallest absolute Gasteiger partial charge is 0.410 e. The van der Waals surface area contributed by atoms with E-state index in [2.05, 4.69) is 94.4 Å². The van der Waals surface area contributed by atoms with Gasteiger partial charge in [-0.15, -0.1) is 0 Å². The Hall–Kier alpha value is -5.39. The fourth-order valence-corrected chi connectivity index (χ4v) is 14.3. The highest BCUT2D eigenvalue weighted by Gasteiger charge is 2.40. The summed E-state index contributed by atoms with van der Waals surface area (Å²) in [7, 11) is -10.7. The van der Waals surface area contributed by atoms with E-state index in [1.54, 1.807) is 18.2 Å². The lowest BCUT2D eigenvalue weighted by molar-refractivity contribution is 0.00893. The molecule has 504 valence electrons. The molecule has 2 amide bonds. The predicted molar refractivity (Wildman–Crippen MR) is 371 cm³/mol. The molecule has 2 aromatic carbocycles. The van der Waals surface area contributed by atoms with Gasteiger partial charge in [-0.3, -0.25) is 19.2 Å². The van der Waals surface area contributed by atoms with Crippen LogP contribution in [0.1, 0.15) is 175 Å². The molecular weight excluding hydrogens is 1310 g/mol. The number of nitrogens with zero attached hydrogens (tertiary/aromatic N) is 10. The maximum Gasteiger partial charge on any atom is 0.410 e. The molecule has 92 heavy (non-hydrogen) atoms. The number of benzene rings is 2. The van der Waals surface area contributed by atoms with Crippen molar-refractivity contribution in [3.05, 3.63) is 110 Å². The molecule has 0 radical (unpaired) electrons. The molecular formula is C64H92Cl3N11O10S2Si2. The number of amides is 2. The zero-order chi connectivity index (χ0) is 67.7. The van der Waals surface area contributed by atoms with E-state index >= 15 is 0 Å². The molecule has 10 rings (SSSR count). The Morgan fingerprint density at radius 2 is 1.04 bits per heavy atom. The van der Waals surface area contributed by atoms with Gasteiger partial charge in [0.05, 0.1) is 71.3 Å². The number of sulfonamides is 1. The molecule has 2 atom stereocenters. The van der Waals surface area contributed by atoms with Gasteiger partial charge in [-0.25, -0.2) is 40.6 Å². The second-order valence-corrected chi connectivity index (χ2v) is 43.3. The summed E-state index contributed by atoms with van der Waals surface area (Å²) in [5.41, 5.74) is 5.53. The van der Waals surface area contributed by atoms with Crippen molar-refractivity contribution in [2.24, 2.45) is 0 Å². The Morgan fingerprint density at radius 1 is 0.598 bits per heavy atom. The van der Waals surface area contributed by atoms with Gasteiger partial charge < -0.3 is 28.3 Å². The lowest BCUT2D eigenvalue weighted by Gasteiger charge is -2.36. The third kappa shape index (κ3) is 18.3. The number of carbonyl (C=O) groups excluding carboxylic acids is 3. The third-order valence-electron chi connectivity index (χ3n) is 17.9. The SMILES string of the molecule is CC(C)(C)OC(=O)N1CCCC[C@H]1c1cc2nc(N3CCC3)cc(CO[Si](C)(C)C(C)(C)C)n2n1.CC(C)(C)[Si](C)(C)OCc1cc(N2CCC2)nc2cc([C@@H]3CCCCN3C(=O)c3cc(Cl)ccc3CS(C)(=O)=O)nn12.CS(=O)(=O)Nc1ccc(Cl)cc1C(=O)Cl. The molecule has 8 heterocycles. The van der Waals surface area contributed by atoms with Crippen molar-refractivity contribution in [3.8, 4) is 0 Å². The fraction of sp³-hybridized carbons (Fsp3) is 0.578. The van der Waals surface area contributed by atoms with E-state index < -0.39 is 47.3 Å². The molecule has 0 aliphatic carbocycles. The molecule has 28 heteroatoms. The van der Waals surface area contributed by atoms with Gasteiger partial charge in [0.25, 0.3) is 11.1 Å². The van der Waals surface area contributed by atoms with Crippen LogP contribution in [0.5, 0.6) is 0 Å². The van der Waals surface area contributed by atoms with Crippen molar-refractivity contribution in [1.82, 2.24) is 39.0 Å². The Balaban J connectivity index is 0.000000196. The topological polar surface area (TPSA) is 233 Å². The second kappa shape index (κ2) is 28.5. The third-order valence-corrected chi connectivity index (χ3v) is 29.0. The van der Waals surface area contributed by atoms with Gasteiger partial charge in [0.1, 0.15) is 17.2 Å². The standard InChI is InChI=1S/C30H42ClN5O4SSi.C26H43N5O3Si.C8H7Cl2NO3S/c1-30(2,3)42(5,6)40-19-23-17-27(34-13-9-14-34)32-28-18-25(33-36(23)28)26-10-7-8-15-35(26)29(37)24-16-22(31)12-11-21(24)20-41(4,38)39;1-25(2,3)34-24(32)30-15-10-9-12-21(30)20-17-23-27-22(29-13-11-14-29)16-19(31(23)28-20)18-33-35(7,8)26(4,5)6;1-15(13,14)11-7-3-2-5(9)4-6(7)8(10)12/h11-12,16-18,26H,7-10,13-15,19-20H2,1-6H3;16-17,21H,9-15,18H2,1-8H3;2-4,11H,1H3/t26-;21-;/m00./s1. The van der Waals surface area contributed by atoms with Crippen molar-refractivity contribution in [1.29, 1.82) is 0 Å². The summed E-state index contributed by atoms with van der Waals surface area (Å²) in [5.74, 6) is 1.46. The lowest BCUT2D eigenvalue weighted by atomic mass is 9.97. The van der Waals surface area contributed by atoms with Gasteiger partial charge in [0, 0.05) is 85.4 Å². The average Bonchev–Trinajstić information content (AvgIpc) is 1.58. The lowest BCUT2D eigenvalue weighted by Crippen LogP contribution is -2.42. The summed E-state index contributed by atoms with van der Waals surface area (Å²) < 4.78 is 71.1. The Kier molecular flexibility index (Phi) is 22.5. The van der Waals surface area contributed by atoms with Gasteiger partial charge in [-0.2, -0.15) is 10.2 Å². The Bertz CT molecular complexity index is 3920. The maximum atomic E-state index is 14.0. The van der Waals surface area contributed by atoms with Crippen molar-refractivity contribution in [3.63, 3.8) is 0 Å². The molecule has 0 spiro atoms. The highest BCUT2D eigenvalue weighted by molar-refractivity contribution is 7.92. The first-order valence-corrected chi connectivity index (χ1v) is 42.4. The van der Waals surface area contributed by atoms with E-state index in [1.807, 2.05) is 51.7 Å². The van der Waals surface area contributed by atoms with Crippen LogP contribution < -0.4 is 14.5 Å². The van der Waals surface area contributed by atoms with Crippen LogP contribution in [0, 0.1) is 0 Å². The predicted octanol–water partition coefficient (Wildman–Crippen LogP) is 14.0. The number of sulfone groups is 1. The number of ether oxygens (including phenoxy) is 1. The summed E-state index contributed by atoms with van der Waals surface area (Å²) in [4.78, 5) is 56.1. The van der Waals surface area contributed by atoms with Crippen molar-refractivity contribution in [2.45, 2.75) is 187 Å². The number of carbonyl (C=O) groups is 3. The number of hydrogen-bond acceptors (Lipinski definition) is 16. The summed E-state index contributed by atoms with van der Waals surface area (Å²) in [6.07, 6.45) is 9.71. The van der Waals surface area contributed by atoms with E-state index in [9.17, 15) is 31.2 Å². The molecule has 4 saturated heterocycles. The van der Waals surface area contributed by atoms with Gasteiger partial charge in [0.15, 0.2) is 37.8 Å². The maximum absolute atomic E-state index is 14.0. The molecule has 21 nitrogen and oxygen atoms in total. The largest absolute Gasteiger partial charge is 0.444 e. The zero-order valence-corrected chi connectivity index (χ0v) is 61.9. The monoisotopic (exact) mass is 1400 g/mol. The molecule has 1 N–H and O–H groups in total. The fourth-order valence-electron chi connectivity index (χ4n) is 10.5. The number of fused-ring (bicyclic) bond motifs is 2. The van der Waals surface area contributed by atoms with Crippen LogP contribution in [0.15, 0.2) is 60.7 Å². The molecule has 0 unspecified atom stereocenters. The van der Waals surface area contributed by atoms with Crippen LogP contribution in [0.4, 0.5) is 22.1 Å². The first-order chi connectivity index (χ1) is 42.7. The summed E-state index contributed by atoms with van der Waals surface area (Å²) in [5, 5.41) is 10.1. The molecule has 4 fully saturated rings. The minimum absolute atomic E-state index is 0.0228. The van der Waals surface area contributed by atoms with Crippen molar-refractivity contribution >= 4 is 117 Å². The highest BCUT2D eigenvalue weighted by atomic mass is 35.5. The van der Waals surface area contributed by atoms with E-state index in [4.69, 9.17) is 68.6 Å². The molecule has 6 aromatic rings. The summed E-state index contributed by atoms with van der Waals surface area (Å²) in [6.45, 7) is 34.4. The van der Waals surface area contributed by atoms with Crippen LogP contribution in [-0.4, -0.2) is 147 Å². The molecule has 0 saturated carbocycles. The Morgan fingerprint density at radius 3 is 1.46 bits per heavy atom. The number of rotatable bonds is 16. The molecule has 4 aliphatic rings. The summed E-state index contributed by atoms with van der Waals surface area (Å²) in [6, 6.07) is 16.9. The first kappa shape index (κ1) is 72.4. The molecule has 4 aromatic heterocycles. The van der Waals surface area contributed by atoms with Crippen LogP contribution in [0.25, 0.3) is 11.3 Å². The van der Waals surface area contributed by atoms with Crippen LogP contribution in [0.3, 0.4) is 0 Å². The van der Waals surface area contributed by atoms with Crippen LogP contribution >= 0.6 is 34.8 Å². The number of anilines is 3. The van der Waals surface area contributed by atoms with E-state index in [0.717, 1.165) is 123 Å². The van der Waals surface area contributed by atoms with Crippen LogP contribution in [-0.2, 0) is 52.4 Å². The van der Waals surface area contributed by atoms with Gasteiger partial charge in [0.2, 0.25) is 10.0 Å². The molecule has 0 bridgehead atoms. The minimum Gasteiger partial charge on any atom is -0.444 e. The number of aromatic nitrogens is 6. The number of halogens is 3. The van der Waals surface area contributed by atoms with Crippen molar-refractivity contribution < 1.29 is 44.8 Å². The quantitative estimate of drug-likeness (QED) is 0.0701. The van der Waals surface area contributed by atoms with E-state index in [0.29, 0.717) is 47.5 Å².